The molecule has 0 aromatic heterocycles. The summed E-state index contributed by atoms with van der Waals surface area (Å²) >= 11 is 0. The molecule has 0 aliphatic heterocycles. The molecule has 2 fully saturated rings. The van der Waals surface area contributed by atoms with E-state index >= 15 is 0 Å². The molecule has 0 bridgehead atoms. The highest BCUT2D eigenvalue weighted by Crippen LogP contribution is 2.34. The standard InChI is InChI=1S/C20H28O3/c21-20(22)19(17-9-5-2-6-10-17)23-18-13-11-16(12-14-18)15-7-3-1-4-8-15/h11-15,17,19H,1-10H2,(H,21,22). The van der Waals surface area contributed by atoms with Crippen LogP contribution in [0.4, 0.5) is 0 Å². The minimum absolute atomic E-state index is 0.152. The Kier molecular flexibility index (Phi) is 5.58. The third-order valence-corrected chi connectivity index (χ3v) is 5.54. The largest absolute Gasteiger partial charge is 0.478 e. The molecule has 2 saturated carbocycles. The zero-order valence-electron chi connectivity index (χ0n) is 13.9. The highest BCUT2D eigenvalue weighted by molar-refractivity contribution is 5.73. The number of rotatable bonds is 5. The van der Waals surface area contributed by atoms with E-state index in [1.807, 2.05) is 12.1 Å². The van der Waals surface area contributed by atoms with Gasteiger partial charge in [-0.3, -0.25) is 0 Å². The van der Waals surface area contributed by atoms with Crippen molar-refractivity contribution >= 4 is 5.97 Å². The molecule has 2 aliphatic carbocycles. The predicted octanol–water partition coefficient (Wildman–Crippen LogP) is 5.15. The lowest BCUT2D eigenvalue weighted by Crippen LogP contribution is -2.36. The molecule has 1 aromatic carbocycles. The normalized spacial score (nSPS) is 21.7. The molecule has 3 rings (SSSR count). The highest BCUT2D eigenvalue weighted by Gasteiger charge is 2.31. The molecule has 1 aromatic rings. The molecule has 0 heterocycles. The van der Waals surface area contributed by atoms with Crippen molar-refractivity contribution in [1.29, 1.82) is 0 Å². The number of hydrogen-bond acceptors (Lipinski definition) is 2. The van der Waals surface area contributed by atoms with Crippen molar-refractivity contribution in [2.75, 3.05) is 0 Å². The van der Waals surface area contributed by atoms with E-state index in [4.69, 9.17) is 4.74 Å². The van der Waals surface area contributed by atoms with Gasteiger partial charge in [0.2, 0.25) is 0 Å². The summed E-state index contributed by atoms with van der Waals surface area (Å²) in [5, 5.41) is 9.52. The summed E-state index contributed by atoms with van der Waals surface area (Å²) in [6.45, 7) is 0. The van der Waals surface area contributed by atoms with Crippen molar-refractivity contribution in [3.63, 3.8) is 0 Å². The number of hydrogen-bond donors (Lipinski definition) is 1. The molecular formula is C20H28O3. The van der Waals surface area contributed by atoms with E-state index in [1.54, 1.807) is 0 Å². The number of carboxylic acid groups (broad SMARTS) is 1. The van der Waals surface area contributed by atoms with Gasteiger partial charge >= 0.3 is 5.97 Å². The lowest BCUT2D eigenvalue weighted by atomic mass is 9.84. The molecule has 2 aliphatic rings. The first-order chi connectivity index (χ1) is 11.2. The topological polar surface area (TPSA) is 46.5 Å². The van der Waals surface area contributed by atoms with Crippen LogP contribution in [0.3, 0.4) is 0 Å². The average molecular weight is 316 g/mol. The van der Waals surface area contributed by atoms with E-state index < -0.39 is 12.1 Å². The molecule has 3 heteroatoms. The van der Waals surface area contributed by atoms with Crippen LogP contribution in [0.5, 0.6) is 5.75 Å². The second-order valence-corrected chi connectivity index (χ2v) is 7.18. The van der Waals surface area contributed by atoms with Gasteiger partial charge in [-0.15, -0.1) is 0 Å². The zero-order valence-corrected chi connectivity index (χ0v) is 13.9. The molecule has 0 spiro atoms. The summed E-state index contributed by atoms with van der Waals surface area (Å²) < 4.78 is 5.86. The van der Waals surface area contributed by atoms with Gasteiger partial charge in [0.25, 0.3) is 0 Å². The lowest BCUT2D eigenvalue weighted by Gasteiger charge is -2.28. The first-order valence-electron chi connectivity index (χ1n) is 9.23. The number of ether oxygens (including phenoxy) is 1. The number of benzene rings is 1. The van der Waals surface area contributed by atoms with Crippen molar-refractivity contribution in [2.45, 2.75) is 76.2 Å². The molecule has 1 unspecified atom stereocenters. The summed E-state index contributed by atoms with van der Waals surface area (Å²) in [7, 11) is 0. The van der Waals surface area contributed by atoms with Crippen LogP contribution < -0.4 is 4.74 Å². The summed E-state index contributed by atoms with van der Waals surface area (Å²) in [5.41, 5.74) is 1.38. The minimum Gasteiger partial charge on any atom is -0.478 e. The van der Waals surface area contributed by atoms with Gasteiger partial charge in [0.1, 0.15) is 5.75 Å². The Bertz CT molecular complexity index is 496. The molecule has 0 saturated heterocycles. The summed E-state index contributed by atoms with van der Waals surface area (Å²) in [6.07, 6.45) is 11.3. The minimum atomic E-state index is -0.826. The predicted molar refractivity (Wildman–Crippen MR) is 90.9 cm³/mol. The van der Waals surface area contributed by atoms with Crippen LogP contribution in [0.1, 0.15) is 75.7 Å². The van der Waals surface area contributed by atoms with Crippen LogP contribution >= 0.6 is 0 Å². The van der Waals surface area contributed by atoms with Gasteiger partial charge < -0.3 is 9.84 Å². The van der Waals surface area contributed by atoms with Gasteiger partial charge in [0.15, 0.2) is 6.10 Å². The molecule has 0 amide bonds. The third-order valence-electron chi connectivity index (χ3n) is 5.54. The van der Waals surface area contributed by atoms with Crippen molar-refractivity contribution in [1.82, 2.24) is 0 Å². The second kappa shape index (κ2) is 7.85. The van der Waals surface area contributed by atoms with Crippen LogP contribution in [-0.2, 0) is 4.79 Å². The van der Waals surface area contributed by atoms with Gasteiger partial charge in [-0.05, 0) is 49.3 Å². The van der Waals surface area contributed by atoms with E-state index in [9.17, 15) is 9.90 Å². The van der Waals surface area contributed by atoms with Crippen LogP contribution in [0.15, 0.2) is 24.3 Å². The maximum atomic E-state index is 11.6. The Hall–Kier alpha value is -1.51. The Balaban J connectivity index is 1.64. The third kappa shape index (κ3) is 4.27. The van der Waals surface area contributed by atoms with Crippen LogP contribution in [0.25, 0.3) is 0 Å². The fourth-order valence-corrected chi connectivity index (χ4v) is 4.19. The van der Waals surface area contributed by atoms with Crippen molar-refractivity contribution < 1.29 is 14.6 Å². The van der Waals surface area contributed by atoms with E-state index in [1.165, 1.54) is 44.1 Å². The monoisotopic (exact) mass is 316 g/mol. The molecule has 23 heavy (non-hydrogen) atoms. The lowest BCUT2D eigenvalue weighted by molar-refractivity contribution is -0.148. The van der Waals surface area contributed by atoms with Crippen LogP contribution in [0, 0.1) is 5.92 Å². The molecule has 0 radical (unpaired) electrons. The van der Waals surface area contributed by atoms with Crippen molar-refractivity contribution in [2.24, 2.45) is 5.92 Å². The second-order valence-electron chi connectivity index (χ2n) is 7.18. The fraction of sp³-hybridized carbons (Fsp3) is 0.650. The van der Waals surface area contributed by atoms with Crippen LogP contribution in [-0.4, -0.2) is 17.2 Å². The Labute approximate surface area is 139 Å². The summed E-state index contributed by atoms with van der Waals surface area (Å²) in [4.78, 5) is 11.6. The first-order valence-corrected chi connectivity index (χ1v) is 9.23. The maximum absolute atomic E-state index is 11.6. The molecular weight excluding hydrogens is 288 g/mol. The van der Waals surface area contributed by atoms with E-state index in [0.29, 0.717) is 11.7 Å². The van der Waals surface area contributed by atoms with E-state index in [0.717, 1.165) is 25.7 Å². The maximum Gasteiger partial charge on any atom is 0.345 e. The molecule has 1 atom stereocenters. The summed E-state index contributed by atoms with van der Waals surface area (Å²) in [6, 6.07) is 8.18. The summed E-state index contributed by atoms with van der Waals surface area (Å²) in [5.74, 6) is 0.696. The molecule has 126 valence electrons. The SMILES string of the molecule is O=C(O)C(Oc1ccc(C2CCCCC2)cc1)C1CCCCC1. The first kappa shape index (κ1) is 16.4. The van der Waals surface area contributed by atoms with Gasteiger partial charge in [-0.25, -0.2) is 4.79 Å². The molecule has 1 N–H and O–H groups in total. The van der Waals surface area contributed by atoms with Crippen molar-refractivity contribution in [3.05, 3.63) is 29.8 Å². The quantitative estimate of drug-likeness (QED) is 0.817. The average Bonchev–Trinajstić information content (AvgIpc) is 2.61. The number of aliphatic carboxylic acids is 1. The van der Waals surface area contributed by atoms with Crippen LogP contribution in [0.2, 0.25) is 0 Å². The van der Waals surface area contributed by atoms with Crippen molar-refractivity contribution in [3.8, 4) is 5.75 Å². The Morgan fingerprint density at radius 1 is 0.913 bits per heavy atom. The number of carbonyl (C=O) groups is 1. The fourth-order valence-electron chi connectivity index (χ4n) is 4.19. The highest BCUT2D eigenvalue weighted by atomic mass is 16.5. The Morgan fingerprint density at radius 2 is 1.48 bits per heavy atom. The smallest absolute Gasteiger partial charge is 0.345 e. The number of carboxylic acids is 1. The molecule has 3 nitrogen and oxygen atoms in total. The van der Waals surface area contributed by atoms with Gasteiger partial charge in [-0.1, -0.05) is 50.7 Å². The van der Waals surface area contributed by atoms with Gasteiger partial charge in [0.05, 0.1) is 0 Å². The van der Waals surface area contributed by atoms with E-state index in [2.05, 4.69) is 12.1 Å². The Morgan fingerprint density at radius 3 is 2.04 bits per heavy atom. The van der Waals surface area contributed by atoms with Gasteiger partial charge in [-0.2, -0.15) is 0 Å². The zero-order chi connectivity index (χ0) is 16.1. The van der Waals surface area contributed by atoms with Gasteiger partial charge in [0, 0.05) is 5.92 Å². The van der Waals surface area contributed by atoms with E-state index in [-0.39, 0.29) is 5.92 Å².